The molecule has 1 saturated carbocycles. The Morgan fingerprint density at radius 2 is 2.07 bits per heavy atom. The van der Waals surface area contributed by atoms with Gasteiger partial charge in [0.1, 0.15) is 6.10 Å². The fraction of sp³-hybridized carbons (Fsp3) is 0.846. The van der Waals surface area contributed by atoms with Crippen molar-refractivity contribution in [2.24, 2.45) is 5.41 Å². The Hall–Kier alpha value is -0.340. The van der Waals surface area contributed by atoms with Gasteiger partial charge in [-0.3, -0.25) is 0 Å². The van der Waals surface area contributed by atoms with Crippen molar-refractivity contribution in [3.8, 4) is 0 Å². The minimum absolute atomic E-state index is 0.189. The zero-order chi connectivity index (χ0) is 10.4. The molecule has 0 amide bonds. The third kappa shape index (κ3) is 1.38. The number of rotatable bonds is 3. The highest BCUT2D eigenvalue weighted by molar-refractivity contribution is 5.12. The van der Waals surface area contributed by atoms with Gasteiger partial charge in [-0.2, -0.15) is 0 Å². The van der Waals surface area contributed by atoms with E-state index in [-0.39, 0.29) is 5.79 Å². The van der Waals surface area contributed by atoms with Gasteiger partial charge in [0.25, 0.3) is 0 Å². The van der Waals surface area contributed by atoms with Gasteiger partial charge < -0.3 is 9.47 Å². The second kappa shape index (κ2) is 3.33. The van der Waals surface area contributed by atoms with E-state index in [0.717, 1.165) is 19.4 Å². The summed E-state index contributed by atoms with van der Waals surface area (Å²) in [6.07, 6.45) is 11.1. The molecule has 3 aliphatic rings. The van der Waals surface area contributed by atoms with Crippen molar-refractivity contribution >= 4 is 0 Å². The fourth-order valence-corrected chi connectivity index (χ4v) is 3.44. The van der Waals surface area contributed by atoms with Crippen LogP contribution < -0.4 is 0 Å². The first-order valence-corrected chi connectivity index (χ1v) is 6.24. The average Bonchev–Trinajstić information content (AvgIpc) is 2.95. The van der Waals surface area contributed by atoms with E-state index in [1.165, 1.54) is 32.1 Å². The molecule has 2 saturated heterocycles. The summed E-state index contributed by atoms with van der Waals surface area (Å²) in [5, 5.41) is 0. The van der Waals surface area contributed by atoms with Crippen molar-refractivity contribution < 1.29 is 9.47 Å². The number of hydrogen-bond acceptors (Lipinski definition) is 2. The van der Waals surface area contributed by atoms with Crippen molar-refractivity contribution in [3.05, 3.63) is 12.7 Å². The van der Waals surface area contributed by atoms with E-state index in [9.17, 15) is 0 Å². The molecule has 2 heterocycles. The van der Waals surface area contributed by atoms with Crippen LogP contribution >= 0.6 is 0 Å². The zero-order valence-electron chi connectivity index (χ0n) is 9.34. The van der Waals surface area contributed by atoms with Crippen LogP contribution in [0.15, 0.2) is 12.7 Å². The molecule has 2 heteroatoms. The number of allylic oxidation sites excluding steroid dienone is 1. The maximum absolute atomic E-state index is 5.94. The van der Waals surface area contributed by atoms with Crippen LogP contribution in [0.5, 0.6) is 0 Å². The summed E-state index contributed by atoms with van der Waals surface area (Å²) in [6, 6.07) is 0. The summed E-state index contributed by atoms with van der Waals surface area (Å²) in [5.41, 5.74) is 0.388. The molecule has 0 N–H and O–H groups in total. The Balaban J connectivity index is 1.69. The van der Waals surface area contributed by atoms with E-state index < -0.39 is 0 Å². The van der Waals surface area contributed by atoms with E-state index in [1.54, 1.807) is 0 Å². The van der Waals surface area contributed by atoms with Crippen LogP contribution in [0.3, 0.4) is 0 Å². The van der Waals surface area contributed by atoms with Crippen LogP contribution in [0.1, 0.15) is 44.9 Å². The Morgan fingerprint density at radius 3 is 2.73 bits per heavy atom. The molecular weight excluding hydrogens is 188 g/mol. The predicted octanol–water partition coefficient (Wildman–Crippen LogP) is 3.03. The molecule has 84 valence electrons. The van der Waals surface area contributed by atoms with E-state index in [2.05, 4.69) is 6.58 Å². The first kappa shape index (κ1) is 9.86. The SMILES string of the molecule is C=CCC[C@@]12OCC3(CCCCC3)[C@@H]1O2. The molecule has 2 aliphatic heterocycles. The van der Waals surface area contributed by atoms with E-state index in [1.807, 2.05) is 6.08 Å². The van der Waals surface area contributed by atoms with Gasteiger partial charge in [-0.15, -0.1) is 6.58 Å². The second-order valence-corrected chi connectivity index (χ2v) is 5.35. The van der Waals surface area contributed by atoms with Gasteiger partial charge in [-0.1, -0.05) is 25.3 Å². The minimum Gasteiger partial charge on any atom is -0.347 e. The lowest BCUT2D eigenvalue weighted by atomic mass is 9.72. The van der Waals surface area contributed by atoms with E-state index in [0.29, 0.717) is 11.5 Å². The molecule has 0 unspecified atom stereocenters. The first-order valence-electron chi connectivity index (χ1n) is 6.24. The summed E-state index contributed by atoms with van der Waals surface area (Å²) in [4.78, 5) is 0. The third-order valence-corrected chi connectivity index (χ3v) is 4.37. The zero-order valence-corrected chi connectivity index (χ0v) is 9.34. The monoisotopic (exact) mass is 208 g/mol. The predicted molar refractivity (Wildman–Crippen MR) is 58.5 cm³/mol. The van der Waals surface area contributed by atoms with Gasteiger partial charge in [-0.05, 0) is 19.3 Å². The topological polar surface area (TPSA) is 21.8 Å². The number of ether oxygens (including phenoxy) is 2. The largest absolute Gasteiger partial charge is 0.347 e. The highest BCUT2D eigenvalue weighted by Crippen LogP contribution is 2.61. The lowest BCUT2D eigenvalue weighted by molar-refractivity contribution is -0.0809. The lowest BCUT2D eigenvalue weighted by Gasteiger charge is -2.32. The molecule has 0 radical (unpaired) electrons. The molecule has 0 aromatic carbocycles. The lowest BCUT2D eigenvalue weighted by Crippen LogP contribution is -2.31. The maximum Gasteiger partial charge on any atom is 0.196 e. The van der Waals surface area contributed by atoms with Gasteiger partial charge in [0.05, 0.1) is 6.61 Å². The number of hydrogen-bond donors (Lipinski definition) is 0. The Kier molecular flexibility index (Phi) is 2.18. The highest BCUT2D eigenvalue weighted by Gasteiger charge is 2.71. The average molecular weight is 208 g/mol. The Morgan fingerprint density at radius 1 is 1.27 bits per heavy atom. The summed E-state index contributed by atoms with van der Waals surface area (Å²) in [5.74, 6) is -0.189. The Bertz CT molecular complexity index is 268. The first-order chi connectivity index (χ1) is 7.31. The van der Waals surface area contributed by atoms with Crippen LogP contribution in [0, 0.1) is 5.41 Å². The van der Waals surface area contributed by atoms with Crippen LogP contribution in [0.25, 0.3) is 0 Å². The smallest absolute Gasteiger partial charge is 0.196 e. The fourth-order valence-electron chi connectivity index (χ4n) is 3.44. The standard InChI is InChI=1S/C13H20O2/c1-2-3-9-13-11(15-13)12(10-14-13)7-5-4-6-8-12/h2,11H,1,3-10H2/t11-,13-/m0/s1. The minimum atomic E-state index is -0.189. The van der Waals surface area contributed by atoms with Crippen molar-refractivity contribution in [3.63, 3.8) is 0 Å². The van der Waals surface area contributed by atoms with Crippen LogP contribution in [0.4, 0.5) is 0 Å². The van der Waals surface area contributed by atoms with E-state index in [4.69, 9.17) is 9.47 Å². The molecular formula is C13H20O2. The molecule has 3 rings (SSSR count). The summed E-state index contributed by atoms with van der Waals surface area (Å²) < 4.78 is 11.8. The van der Waals surface area contributed by atoms with Crippen molar-refractivity contribution in [2.45, 2.75) is 56.8 Å². The third-order valence-electron chi connectivity index (χ3n) is 4.37. The molecule has 2 nitrogen and oxygen atoms in total. The van der Waals surface area contributed by atoms with E-state index >= 15 is 0 Å². The molecule has 2 atom stereocenters. The van der Waals surface area contributed by atoms with Crippen LogP contribution in [-0.4, -0.2) is 18.5 Å². The van der Waals surface area contributed by atoms with Gasteiger partial charge in [-0.25, -0.2) is 0 Å². The molecule has 0 aromatic rings. The van der Waals surface area contributed by atoms with Gasteiger partial charge in [0.15, 0.2) is 5.79 Å². The van der Waals surface area contributed by atoms with Gasteiger partial charge in [0.2, 0.25) is 0 Å². The molecule has 1 spiro atoms. The normalized spacial score (nSPS) is 41.5. The van der Waals surface area contributed by atoms with Crippen LogP contribution in [-0.2, 0) is 9.47 Å². The van der Waals surface area contributed by atoms with Crippen molar-refractivity contribution in [2.75, 3.05) is 6.61 Å². The maximum atomic E-state index is 5.94. The molecule has 0 bridgehead atoms. The summed E-state index contributed by atoms with van der Waals surface area (Å²) >= 11 is 0. The molecule has 0 aromatic heterocycles. The molecule has 3 fully saturated rings. The van der Waals surface area contributed by atoms with Crippen LogP contribution in [0.2, 0.25) is 0 Å². The van der Waals surface area contributed by atoms with Crippen molar-refractivity contribution in [1.29, 1.82) is 0 Å². The number of fused-ring (bicyclic) bond motifs is 2. The van der Waals surface area contributed by atoms with Gasteiger partial charge >= 0.3 is 0 Å². The molecule has 15 heavy (non-hydrogen) atoms. The highest BCUT2D eigenvalue weighted by atomic mass is 16.8. The second-order valence-electron chi connectivity index (χ2n) is 5.35. The van der Waals surface area contributed by atoms with Crippen molar-refractivity contribution in [1.82, 2.24) is 0 Å². The quantitative estimate of drug-likeness (QED) is 0.525. The summed E-state index contributed by atoms with van der Waals surface area (Å²) in [7, 11) is 0. The summed E-state index contributed by atoms with van der Waals surface area (Å²) in [6.45, 7) is 4.70. The number of epoxide rings is 1. The van der Waals surface area contributed by atoms with Gasteiger partial charge in [0, 0.05) is 11.8 Å². The molecule has 1 aliphatic carbocycles. The Labute approximate surface area is 91.6 Å².